The van der Waals surface area contributed by atoms with Crippen LogP contribution >= 0.6 is 0 Å². The lowest BCUT2D eigenvalue weighted by Crippen LogP contribution is -2.02. The largest absolute Gasteiger partial charge is 0.381 e. The fourth-order valence-corrected chi connectivity index (χ4v) is 2.45. The summed E-state index contributed by atoms with van der Waals surface area (Å²) >= 11 is 0. The van der Waals surface area contributed by atoms with Crippen molar-refractivity contribution in [2.75, 3.05) is 13.2 Å². The second kappa shape index (κ2) is 15.3. The van der Waals surface area contributed by atoms with Crippen LogP contribution in [0.2, 0.25) is 0 Å². The van der Waals surface area contributed by atoms with Crippen LogP contribution in [0.1, 0.15) is 53.4 Å². The summed E-state index contributed by atoms with van der Waals surface area (Å²) in [6, 6.07) is 0. The Labute approximate surface area is 132 Å². The summed E-state index contributed by atoms with van der Waals surface area (Å²) in [6.07, 6.45) is 22.2. The van der Waals surface area contributed by atoms with Gasteiger partial charge in [-0.2, -0.15) is 0 Å². The molecule has 0 spiro atoms. The molecule has 21 heavy (non-hydrogen) atoms. The molecule has 0 amide bonds. The normalized spacial score (nSPS) is 15.8. The van der Waals surface area contributed by atoms with Gasteiger partial charge in [0.05, 0.1) is 0 Å². The summed E-state index contributed by atoms with van der Waals surface area (Å²) in [5, 5.41) is 0. The van der Waals surface area contributed by atoms with Crippen LogP contribution in [0, 0.1) is 11.8 Å². The zero-order chi connectivity index (χ0) is 15.8. The van der Waals surface area contributed by atoms with Gasteiger partial charge in [-0.15, -0.1) is 0 Å². The molecule has 0 aliphatic rings. The average Bonchev–Trinajstić information content (AvgIpc) is 2.47. The maximum atomic E-state index is 5.75. The summed E-state index contributed by atoms with van der Waals surface area (Å²) in [4.78, 5) is 0. The van der Waals surface area contributed by atoms with Gasteiger partial charge in [-0.3, -0.25) is 0 Å². The molecule has 1 heteroatoms. The molecule has 1 nitrogen and oxygen atoms in total. The van der Waals surface area contributed by atoms with E-state index in [0.717, 1.165) is 26.1 Å². The summed E-state index contributed by atoms with van der Waals surface area (Å²) in [5.41, 5.74) is 0. The molecule has 0 atom stereocenters. The van der Waals surface area contributed by atoms with Gasteiger partial charge in [0.25, 0.3) is 0 Å². The van der Waals surface area contributed by atoms with E-state index in [-0.39, 0.29) is 0 Å². The lowest BCUT2D eigenvalue weighted by atomic mass is 10.0. The Morgan fingerprint density at radius 2 is 0.952 bits per heavy atom. The highest BCUT2D eigenvalue weighted by atomic mass is 16.5. The van der Waals surface area contributed by atoms with Crippen molar-refractivity contribution in [3.63, 3.8) is 0 Å². The predicted molar refractivity (Wildman–Crippen MR) is 95.5 cm³/mol. The maximum absolute atomic E-state index is 5.75. The first-order valence-corrected chi connectivity index (χ1v) is 8.37. The molecule has 0 unspecified atom stereocenters. The molecule has 0 aliphatic carbocycles. The molecule has 0 N–H and O–H groups in total. The predicted octanol–water partition coefficient (Wildman–Crippen LogP) is 6.10. The van der Waals surface area contributed by atoms with Crippen LogP contribution in [-0.2, 0) is 4.74 Å². The van der Waals surface area contributed by atoms with Crippen molar-refractivity contribution < 1.29 is 4.74 Å². The first-order valence-electron chi connectivity index (χ1n) is 8.37. The Kier molecular flexibility index (Phi) is 14.5. The average molecular weight is 290 g/mol. The number of hydrogen-bond acceptors (Lipinski definition) is 1. The quantitative estimate of drug-likeness (QED) is 0.312. The number of allylic oxidation sites excluding steroid dienone is 8. The molecule has 120 valence electrons. The molecule has 0 aromatic heterocycles. The number of ether oxygens (including phenoxy) is 1. The van der Waals surface area contributed by atoms with E-state index in [1.807, 2.05) is 0 Å². The van der Waals surface area contributed by atoms with Gasteiger partial charge >= 0.3 is 0 Å². The summed E-state index contributed by atoms with van der Waals surface area (Å²) in [6.45, 7) is 10.1. The van der Waals surface area contributed by atoms with Crippen molar-refractivity contribution in [3.8, 4) is 0 Å². The molecule has 0 heterocycles. The van der Waals surface area contributed by atoms with E-state index in [9.17, 15) is 0 Å². The van der Waals surface area contributed by atoms with Gasteiger partial charge in [-0.05, 0) is 65.2 Å². The van der Waals surface area contributed by atoms with Gasteiger partial charge < -0.3 is 4.74 Å². The number of rotatable bonds is 12. The molecule has 0 rings (SSSR count). The molecule has 0 saturated carbocycles. The van der Waals surface area contributed by atoms with Crippen LogP contribution in [-0.4, -0.2) is 13.2 Å². The lowest BCUT2D eigenvalue weighted by Gasteiger charge is -2.10. The van der Waals surface area contributed by atoms with Crippen molar-refractivity contribution in [2.45, 2.75) is 53.4 Å². The summed E-state index contributed by atoms with van der Waals surface area (Å²) in [5.74, 6) is 1.13. The van der Waals surface area contributed by atoms with Crippen molar-refractivity contribution in [1.29, 1.82) is 0 Å². The third-order valence-corrected chi connectivity index (χ3v) is 3.41. The molecule has 0 aliphatic heterocycles. The Morgan fingerprint density at radius 1 is 0.619 bits per heavy atom. The van der Waals surface area contributed by atoms with E-state index in [2.05, 4.69) is 76.3 Å². The number of hydrogen-bond donors (Lipinski definition) is 0. The van der Waals surface area contributed by atoms with E-state index in [0.29, 0.717) is 11.8 Å². The maximum Gasteiger partial charge on any atom is 0.0466 e. The first kappa shape index (κ1) is 19.9. The van der Waals surface area contributed by atoms with E-state index >= 15 is 0 Å². The van der Waals surface area contributed by atoms with E-state index in [4.69, 9.17) is 4.74 Å². The lowest BCUT2D eigenvalue weighted by molar-refractivity contribution is 0.124. The van der Waals surface area contributed by atoms with Crippen LogP contribution in [0.4, 0.5) is 0 Å². The second-order valence-electron chi connectivity index (χ2n) is 5.33. The van der Waals surface area contributed by atoms with Crippen LogP contribution in [0.15, 0.2) is 48.6 Å². The van der Waals surface area contributed by atoms with Gasteiger partial charge in [-0.25, -0.2) is 0 Å². The van der Waals surface area contributed by atoms with Gasteiger partial charge in [0, 0.05) is 13.2 Å². The van der Waals surface area contributed by atoms with Crippen LogP contribution < -0.4 is 0 Å². The highest BCUT2D eigenvalue weighted by molar-refractivity contribution is 4.99. The van der Waals surface area contributed by atoms with E-state index in [1.165, 1.54) is 12.8 Å². The fraction of sp³-hybridized carbons (Fsp3) is 0.600. The molecule has 0 saturated heterocycles. The smallest absolute Gasteiger partial charge is 0.0466 e. The van der Waals surface area contributed by atoms with E-state index < -0.39 is 0 Å². The molecule has 0 fully saturated rings. The third-order valence-electron chi connectivity index (χ3n) is 3.41. The van der Waals surface area contributed by atoms with Crippen LogP contribution in [0.3, 0.4) is 0 Å². The minimum absolute atomic E-state index is 0.567. The molecular weight excluding hydrogens is 256 g/mol. The Bertz CT molecular complexity index is 267. The van der Waals surface area contributed by atoms with Gasteiger partial charge in [-0.1, -0.05) is 48.6 Å². The van der Waals surface area contributed by atoms with Crippen molar-refractivity contribution in [2.24, 2.45) is 11.8 Å². The van der Waals surface area contributed by atoms with Gasteiger partial charge in [0.1, 0.15) is 0 Å². The van der Waals surface area contributed by atoms with Crippen molar-refractivity contribution in [1.82, 2.24) is 0 Å². The minimum Gasteiger partial charge on any atom is -0.381 e. The van der Waals surface area contributed by atoms with E-state index in [1.54, 1.807) is 0 Å². The minimum atomic E-state index is 0.567. The Morgan fingerprint density at radius 3 is 1.24 bits per heavy atom. The topological polar surface area (TPSA) is 9.23 Å². The Balaban J connectivity index is 3.67. The standard InChI is InChI=1S/C20H34O/c1-5-11-19(12-6-2)15-9-17-21-18-10-16-20(13-7-3)14-8-4/h5-8,11-14,19-20H,9-10,15-18H2,1-4H3. The van der Waals surface area contributed by atoms with Crippen LogP contribution in [0.5, 0.6) is 0 Å². The monoisotopic (exact) mass is 290 g/mol. The fourth-order valence-electron chi connectivity index (χ4n) is 2.45. The molecule has 0 bridgehead atoms. The highest BCUT2D eigenvalue weighted by Crippen LogP contribution is 2.12. The molecular formula is C20H34O. The SMILES string of the molecule is CC=CC(C=CC)CCCOCCCC(C=CC)C=CC. The van der Waals surface area contributed by atoms with Gasteiger partial charge in [0.15, 0.2) is 0 Å². The van der Waals surface area contributed by atoms with Crippen molar-refractivity contribution in [3.05, 3.63) is 48.6 Å². The van der Waals surface area contributed by atoms with Crippen LogP contribution in [0.25, 0.3) is 0 Å². The summed E-state index contributed by atoms with van der Waals surface area (Å²) in [7, 11) is 0. The second-order valence-corrected chi connectivity index (χ2v) is 5.33. The molecule has 0 radical (unpaired) electrons. The summed E-state index contributed by atoms with van der Waals surface area (Å²) < 4.78 is 5.75. The van der Waals surface area contributed by atoms with Crippen molar-refractivity contribution >= 4 is 0 Å². The molecule has 0 aromatic rings. The highest BCUT2D eigenvalue weighted by Gasteiger charge is 2.01. The zero-order valence-corrected chi connectivity index (χ0v) is 14.4. The molecule has 0 aromatic carbocycles. The third kappa shape index (κ3) is 12.4. The first-order chi connectivity index (χ1) is 10.3. The zero-order valence-electron chi connectivity index (χ0n) is 14.4. The Hall–Kier alpha value is -1.08. The van der Waals surface area contributed by atoms with Gasteiger partial charge in [0.2, 0.25) is 0 Å².